The Bertz CT molecular complexity index is 343. The van der Waals surface area contributed by atoms with Crippen molar-refractivity contribution in [3.05, 3.63) is 22.7 Å². The number of benzene rings is 1. The van der Waals surface area contributed by atoms with Crippen molar-refractivity contribution >= 4 is 27.3 Å². The van der Waals surface area contributed by atoms with Crippen LogP contribution in [-0.4, -0.2) is 26.3 Å². The molecule has 1 aromatic rings. The van der Waals surface area contributed by atoms with Crippen LogP contribution < -0.4 is 10.6 Å². The first-order chi connectivity index (χ1) is 7.29. The Kier molecular flexibility index (Phi) is 3.49. The van der Waals surface area contributed by atoms with Crippen molar-refractivity contribution in [1.29, 1.82) is 0 Å². The fraction of sp³-hybridized carbons (Fsp3) is 0.455. The highest BCUT2D eigenvalue weighted by Crippen LogP contribution is 2.29. The van der Waals surface area contributed by atoms with Gasteiger partial charge in [0.25, 0.3) is 0 Å². The monoisotopic (exact) mass is 270 g/mol. The van der Waals surface area contributed by atoms with Gasteiger partial charge in [0.05, 0.1) is 11.4 Å². The van der Waals surface area contributed by atoms with Crippen molar-refractivity contribution in [3.8, 4) is 0 Å². The molecule has 0 bridgehead atoms. The first-order valence-corrected chi connectivity index (χ1v) is 5.88. The third kappa shape index (κ3) is 2.63. The first kappa shape index (κ1) is 10.8. The number of ether oxygens (including phenoxy) is 1. The average Bonchev–Trinajstić information content (AvgIpc) is 2.26. The molecule has 0 amide bonds. The Hall–Kier alpha value is -0.740. The normalized spacial score (nSPS) is 18.9. The lowest BCUT2D eigenvalue weighted by molar-refractivity contribution is 0.190. The van der Waals surface area contributed by atoms with Gasteiger partial charge in [-0.25, -0.2) is 0 Å². The highest BCUT2D eigenvalue weighted by atomic mass is 79.9. The second kappa shape index (κ2) is 4.86. The van der Waals surface area contributed by atoms with E-state index in [2.05, 4.69) is 38.7 Å². The van der Waals surface area contributed by atoms with Crippen LogP contribution in [0.1, 0.15) is 6.42 Å². The minimum atomic E-state index is 0.457. The van der Waals surface area contributed by atoms with Gasteiger partial charge in [-0.15, -0.1) is 0 Å². The number of hydrogen-bond donors (Lipinski definition) is 2. The van der Waals surface area contributed by atoms with Gasteiger partial charge in [0.1, 0.15) is 0 Å². The maximum absolute atomic E-state index is 5.08. The predicted octanol–water partition coefficient (Wildman–Crippen LogP) is 2.69. The summed E-state index contributed by atoms with van der Waals surface area (Å²) in [6, 6.07) is 6.69. The number of methoxy groups -OCH3 is 1. The van der Waals surface area contributed by atoms with Gasteiger partial charge in [-0.1, -0.05) is 15.9 Å². The summed E-state index contributed by atoms with van der Waals surface area (Å²) < 4.78 is 6.18. The lowest BCUT2D eigenvalue weighted by Gasteiger charge is -2.28. The van der Waals surface area contributed by atoms with Gasteiger partial charge in [-0.05, 0) is 24.6 Å². The average molecular weight is 271 g/mol. The number of hydrogen-bond acceptors (Lipinski definition) is 3. The van der Waals surface area contributed by atoms with E-state index in [0.29, 0.717) is 6.04 Å². The lowest BCUT2D eigenvalue weighted by Crippen LogP contribution is -2.33. The molecule has 82 valence electrons. The topological polar surface area (TPSA) is 33.3 Å². The van der Waals surface area contributed by atoms with Gasteiger partial charge in [0.15, 0.2) is 0 Å². The molecule has 0 spiro atoms. The fourth-order valence-corrected chi connectivity index (χ4v) is 2.09. The van der Waals surface area contributed by atoms with Gasteiger partial charge in [0, 0.05) is 30.8 Å². The van der Waals surface area contributed by atoms with E-state index in [4.69, 9.17) is 4.74 Å². The third-order valence-corrected chi connectivity index (χ3v) is 3.04. The molecule has 0 saturated heterocycles. The van der Waals surface area contributed by atoms with Gasteiger partial charge in [-0.2, -0.15) is 0 Å². The molecule has 0 saturated carbocycles. The molecule has 0 radical (unpaired) electrons. The Balaban J connectivity index is 2.03. The van der Waals surface area contributed by atoms with E-state index in [1.54, 1.807) is 7.11 Å². The Morgan fingerprint density at radius 2 is 2.33 bits per heavy atom. The molecule has 15 heavy (non-hydrogen) atoms. The van der Waals surface area contributed by atoms with Crippen molar-refractivity contribution in [2.45, 2.75) is 12.5 Å². The largest absolute Gasteiger partial charge is 0.385 e. The lowest BCUT2D eigenvalue weighted by atomic mass is 10.1. The maximum atomic E-state index is 5.08. The minimum Gasteiger partial charge on any atom is -0.385 e. The summed E-state index contributed by atoms with van der Waals surface area (Å²) in [5.41, 5.74) is 2.34. The molecule has 3 nitrogen and oxygen atoms in total. The van der Waals surface area contributed by atoms with Crippen LogP contribution in [0.3, 0.4) is 0 Å². The van der Waals surface area contributed by atoms with E-state index >= 15 is 0 Å². The first-order valence-electron chi connectivity index (χ1n) is 5.08. The van der Waals surface area contributed by atoms with E-state index in [-0.39, 0.29) is 0 Å². The Morgan fingerprint density at radius 1 is 1.47 bits per heavy atom. The molecule has 1 atom stereocenters. The SMILES string of the molecule is COCCC1CNc2cc(Br)ccc2N1. The van der Waals surface area contributed by atoms with E-state index in [1.807, 2.05) is 6.07 Å². The summed E-state index contributed by atoms with van der Waals surface area (Å²) in [5.74, 6) is 0. The summed E-state index contributed by atoms with van der Waals surface area (Å²) in [7, 11) is 1.74. The van der Waals surface area contributed by atoms with Crippen LogP contribution in [0.5, 0.6) is 0 Å². The second-order valence-corrected chi connectivity index (χ2v) is 4.61. The second-order valence-electron chi connectivity index (χ2n) is 3.69. The molecule has 1 aliphatic heterocycles. The van der Waals surface area contributed by atoms with Gasteiger partial charge in [0.2, 0.25) is 0 Å². The van der Waals surface area contributed by atoms with Crippen LogP contribution in [0.25, 0.3) is 0 Å². The van der Waals surface area contributed by atoms with E-state index in [1.165, 1.54) is 5.69 Å². The van der Waals surface area contributed by atoms with Crippen molar-refractivity contribution in [3.63, 3.8) is 0 Å². The molecule has 0 aliphatic carbocycles. The zero-order valence-electron chi connectivity index (χ0n) is 8.72. The highest BCUT2D eigenvalue weighted by molar-refractivity contribution is 9.10. The number of nitrogens with one attached hydrogen (secondary N) is 2. The van der Waals surface area contributed by atoms with Gasteiger partial charge >= 0.3 is 0 Å². The maximum Gasteiger partial charge on any atom is 0.0588 e. The molecule has 1 unspecified atom stereocenters. The fourth-order valence-electron chi connectivity index (χ4n) is 1.73. The molecule has 0 aromatic heterocycles. The van der Waals surface area contributed by atoms with Crippen molar-refractivity contribution in [1.82, 2.24) is 0 Å². The molecular weight excluding hydrogens is 256 g/mol. The molecule has 4 heteroatoms. The van der Waals surface area contributed by atoms with Crippen LogP contribution in [0.4, 0.5) is 11.4 Å². The van der Waals surface area contributed by atoms with Crippen molar-refractivity contribution in [2.75, 3.05) is 30.9 Å². The molecule has 1 aliphatic rings. The highest BCUT2D eigenvalue weighted by Gasteiger charge is 2.16. The van der Waals surface area contributed by atoms with Crippen LogP contribution in [0, 0.1) is 0 Å². The van der Waals surface area contributed by atoms with Crippen LogP contribution in [-0.2, 0) is 4.74 Å². The van der Waals surface area contributed by atoms with Crippen LogP contribution >= 0.6 is 15.9 Å². The summed E-state index contributed by atoms with van der Waals surface area (Å²) in [6.07, 6.45) is 1.03. The van der Waals surface area contributed by atoms with Crippen LogP contribution in [0.2, 0.25) is 0 Å². The van der Waals surface area contributed by atoms with Crippen molar-refractivity contribution < 1.29 is 4.74 Å². The quantitative estimate of drug-likeness (QED) is 0.886. The number of anilines is 2. The molecule has 0 fully saturated rings. The summed E-state index contributed by atoms with van der Waals surface area (Å²) in [6.45, 7) is 1.75. The van der Waals surface area contributed by atoms with Crippen LogP contribution in [0.15, 0.2) is 22.7 Å². The van der Waals surface area contributed by atoms with Crippen molar-refractivity contribution in [2.24, 2.45) is 0 Å². The molecule has 1 aromatic carbocycles. The Morgan fingerprint density at radius 3 is 3.13 bits per heavy atom. The van der Waals surface area contributed by atoms with E-state index < -0.39 is 0 Å². The van der Waals surface area contributed by atoms with E-state index in [9.17, 15) is 0 Å². The summed E-state index contributed by atoms with van der Waals surface area (Å²) in [4.78, 5) is 0. The number of rotatable bonds is 3. The third-order valence-electron chi connectivity index (χ3n) is 2.55. The number of fused-ring (bicyclic) bond motifs is 1. The van der Waals surface area contributed by atoms with Gasteiger partial charge in [-0.3, -0.25) is 0 Å². The van der Waals surface area contributed by atoms with E-state index in [0.717, 1.165) is 29.7 Å². The molecular formula is C11H15BrN2O. The number of halogens is 1. The molecule has 1 heterocycles. The summed E-state index contributed by atoms with van der Waals surface area (Å²) in [5, 5.41) is 6.91. The predicted molar refractivity (Wildman–Crippen MR) is 66.5 cm³/mol. The minimum absolute atomic E-state index is 0.457. The van der Waals surface area contributed by atoms with Gasteiger partial charge < -0.3 is 15.4 Å². The molecule has 2 N–H and O–H groups in total. The summed E-state index contributed by atoms with van der Waals surface area (Å²) >= 11 is 3.46. The molecule has 2 rings (SSSR count). The standard InChI is InChI=1S/C11H15BrN2O/c1-15-5-4-9-7-13-11-6-8(12)2-3-10(11)14-9/h2-3,6,9,13-14H,4-5,7H2,1H3. The Labute approximate surface area is 98.3 Å². The smallest absolute Gasteiger partial charge is 0.0588 e. The zero-order chi connectivity index (χ0) is 10.7. The zero-order valence-corrected chi connectivity index (χ0v) is 10.3.